The van der Waals surface area contributed by atoms with Crippen molar-refractivity contribution in [1.82, 2.24) is 18.7 Å². The van der Waals surface area contributed by atoms with Crippen LogP contribution in [0.15, 0.2) is 24.5 Å². The lowest BCUT2D eigenvalue weighted by Gasteiger charge is -2.06. The fraction of sp³-hybridized carbons (Fsp3) is 0.100. The Balaban J connectivity index is 1.93. The normalized spacial score (nSPS) is 10.9. The smallest absolute Gasteiger partial charge is 0.129 e. The summed E-state index contributed by atoms with van der Waals surface area (Å²) in [4.78, 5) is 7.15. The Bertz CT molecular complexity index is 633. The lowest BCUT2D eigenvalue weighted by Crippen LogP contribution is -2.02. The van der Waals surface area contributed by atoms with Gasteiger partial charge in [0.15, 0.2) is 0 Å². The van der Waals surface area contributed by atoms with Crippen LogP contribution in [0.2, 0.25) is 5.02 Å². The van der Waals surface area contributed by atoms with Crippen LogP contribution in [0.1, 0.15) is 5.82 Å². The Labute approximate surface area is 106 Å². The van der Waals surface area contributed by atoms with Crippen molar-refractivity contribution in [2.45, 2.75) is 6.54 Å². The number of halogens is 1. The quantitative estimate of drug-likeness (QED) is 0.764. The molecule has 0 fully saturated rings. The van der Waals surface area contributed by atoms with Gasteiger partial charge in [0.1, 0.15) is 16.9 Å². The van der Waals surface area contributed by atoms with Crippen LogP contribution >= 0.6 is 23.3 Å². The molecule has 0 atom stereocenters. The molecule has 0 aliphatic rings. The highest BCUT2D eigenvalue weighted by molar-refractivity contribution is 7.00. The van der Waals surface area contributed by atoms with Gasteiger partial charge in [-0.3, -0.25) is 0 Å². The lowest BCUT2D eigenvalue weighted by atomic mass is 10.2. The molecule has 0 aliphatic carbocycles. The van der Waals surface area contributed by atoms with Crippen LogP contribution in [-0.2, 0) is 6.54 Å². The van der Waals surface area contributed by atoms with Gasteiger partial charge in [-0.1, -0.05) is 11.6 Å². The fourth-order valence-electron chi connectivity index (χ4n) is 1.56. The lowest BCUT2D eigenvalue weighted by molar-refractivity contribution is 1.00. The molecule has 3 rings (SSSR count). The van der Waals surface area contributed by atoms with Crippen LogP contribution < -0.4 is 5.32 Å². The summed E-state index contributed by atoms with van der Waals surface area (Å²) in [5.74, 6) is 0.848. The average Bonchev–Trinajstić information content (AvgIpc) is 2.97. The van der Waals surface area contributed by atoms with Crippen molar-refractivity contribution in [2.24, 2.45) is 0 Å². The highest BCUT2D eigenvalue weighted by atomic mass is 35.5. The van der Waals surface area contributed by atoms with E-state index in [0.717, 1.165) is 22.5 Å². The number of benzene rings is 1. The highest BCUT2D eigenvalue weighted by Gasteiger charge is 2.09. The summed E-state index contributed by atoms with van der Waals surface area (Å²) in [6.07, 6.45) is 3.49. The van der Waals surface area contributed by atoms with Crippen LogP contribution in [-0.4, -0.2) is 18.7 Å². The Morgan fingerprint density at radius 3 is 3.12 bits per heavy atom. The molecule has 0 unspecified atom stereocenters. The molecular formula is C10H8ClN5S. The molecule has 3 aromatic rings. The van der Waals surface area contributed by atoms with E-state index in [1.165, 1.54) is 11.7 Å². The topological polar surface area (TPSA) is 66.5 Å². The Hall–Kier alpha value is -1.66. The molecule has 5 nitrogen and oxygen atoms in total. The Morgan fingerprint density at radius 2 is 2.29 bits per heavy atom. The first-order valence-corrected chi connectivity index (χ1v) is 6.08. The maximum atomic E-state index is 6.14. The van der Waals surface area contributed by atoms with E-state index in [2.05, 4.69) is 24.0 Å². The molecule has 1 aromatic carbocycles. The maximum Gasteiger partial charge on any atom is 0.129 e. The van der Waals surface area contributed by atoms with Gasteiger partial charge in [-0.25, -0.2) is 4.98 Å². The van der Waals surface area contributed by atoms with E-state index >= 15 is 0 Å². The summed E-state index contributed by atoms with van der Waals surface area (Å²) >= 11 is 7.32. The van der Waals surface area contributed by atoms with Gasteiger partial charge in [0, 0.05) is 12.4 Å². The van der Waals surface area contributed by atoms with Gasteiger partial charge in [0.2, 0.25) is 0 Å². The van der Waals surface area contributed by atoms with Crippen molar-refractivity contribution < 1.29 is 0 Å². The molecule has 0 spiro atoms. The number of aromatic amines is 1. The molecule has 0 amide bonds. The summed E-state index contributed by atoms with van der Waals surface area (Å²) in [7, 11) is 0. The number of hydrogen-bond acceptors (Lipinski definition) is 5. The third-order valence-electron chi connectivity index (χ3n) is 2.36. The number of aromatic nitrogens is 4. The molecule has 2 N–H and O–H groups in total. The van der Waals surface area contributed by atoms with Gasteiger partial charge in [0.05, 0.1) is 29.0 Å². The second-order valence-corrected chi connectivity index (χ2v) is 4.38. The molecule has 0 radical (unpaired) electrons. The predicted molar refractivity (Wildman–Crippen MR) is 68.3 cm³/mol. The SMILES string of the molecule is Clc1ccc2nsnc2c1NCc1ncc[nH]1. The Kier molecular flexibility index (Phi) is 2.66. The van der Waals surface area contributed by atoms with Crippen molar-refractivity contribution in [2.75, 3.05) is 5.32 Å². The number of nitrogens with zero attached hydrogens (tertiary/aromatic N) is 3. The highest BCUT2D eigenvalue weighted by Crippen LogP contribution is 2.29. The van der Waals surface area contributed by atoms with Crippen LogP contribution in [0.5, 0.6) is 0 Å². The van der Waals surface area contributed by atoms with Gasteiger partial charge >= 0.3 is 0 Å². The number of fused-ring (bicyclic) bond motifs is 1. The first kappa shape index (κ1) is 10.5. The molecule has 2 heterocycles. The number of H-pyrrole nitrogens is 1. The summed E-state index contributed by atoms with van der Waals surface area (Å²) in [6.45, 7) is 0.573. The van der Waals surface area contributed by atoms with E-state index in [1.54, 1.807) is 12.4 Å². The molecule has 86 valence electrons. The molecule has 7 heteroatoms. The third kappa shape index (κ3) is 1.96. The number of nitrogens with one attached hydrogen (secondary N) is 2. The van der Waals surface area contributed by atoms with E-state index < -0.39 is 0 Å². The van der Waals surface area contributed by atoms with Gasteiger partial charge in [-0.05, 0) is 12.1 Å². The largest absolute Gasteiger partial charge is 0.375 e. The van der Waals surface area contributed by atoms with Gasteiger partial charge in [0.25, 0.3) is 0 Å². The number of anilines is 1. The van der Waals surface area contributed by atoms with Crippen LogP contribution in [0.25, 0.3) is 11.0 Å². The van der Waals surface area contributed by atoms with E-state index in [9.17, 15) is 0 Å². The summed E-state index contributed by atoms with van der Waals surface area (Å²) in [5, 5.41) is 3.86. The summed E-state index contributed by atoms with van der Waals surface area (Å²) in [6, 6.07) is 3.68. The number of rotatable bonds is 3. The molecule has 17 heavy (non-hydrogen) atoms. The first-order valence-electron chi connectivity index (χ1n) is 4.97. The van der Waals surface area contributed by atoms with Crippen molar-refractivity contribution >= 4 is 40.0 Å². The minimum atomic E-state index is 0.573. The third-order valence-corrected chi connectivity index (χ3v) is 3.22. The predicted octanol–water partition coefficient (Wildman–Crippen LogP) is 2.68. The fourth-order valence-corrected chi connectivity index (χ4v) is 2.32. The zero-order valence-corrected chi connectivity index (χ0v) is 10.2. The molecular weight excluding hydrogens is 258 g/mol. The standard InChI is InChI=1S/C10H8ClN5S/c11-6-1-2-7-10(16-17-15-7)9(6)14-5-8-12-3-4-13-8/h1-4,14H,5H2,(H,12,13). The molecule has 0 bridgehead atoms. The second kappa shape index (κ2) is 4.31. The van der Waals surface area contributed by atoms with Crippen LogP contribution in [0, 0.1) is 0 Å². The van der Waals surface area contributed by atoms with Crippen LogP contribution in [0.3, 0.4) is 0 Å². The van der Waals surface area contributed by atoms with Crippen molar-refractivity contribution in [3.05, 3.63) is 35.4 Å². The van der Waals surface area contributed by atoms with Gasteiger partial charge in [-0.2, -0.15) is 8.75 Å². The number of imidazole rings is 1. The monoisotopic (exact) mass is 265 g/mol. The zero-order chi connectivity index (χ0) is 11.7. The second-order valence-electron chi connectivity index (χ2n) is 3.44. The summed E-state index contributed by atoms with van der Waals surface area (Å²) < 4.78 is 8.41. The van der Waals surface area contributed by atoms with Crippen molar-refractivity contribution in [1.29, 1.82) is 0 Å². The van der Waals surface area contributed by atoms with E-state index in [-0.39, 0.29) is 0 Å². The van der Waals surface area contributed by atoms with E-state index in [4.69, 9.17) is 11.6 Å². The molecule has 0 saturated carbocycles. The van der Waals surface area contributed by atoms with E-state index in [1.807, 2.05) is 12.1 Å². The number of hydrogen-bond donors (Lipinski definition) is 2. The van der Waals surface area contributed by atoms with Crippen molar-refractivity contribution in [3.63, 3.8) is 0 Å². The molecule has 0 aliphatic heterocycles. The van der Waals surface area contributed by atoms with Crippen LogP contribution in [0.4, 0.5) is 5.69 Å². The minimum absolute atomic E-state index is 0.573. The Morgan fingerprint density at radius 1 is 1.35 bits per heavy atom. The van der Waals surface area contributed by atoms with Gasteiger partial charge < -0.3 is 10.3 Å². The maximum absolute atomic E-state index is 6.14. The van der Waals surface area contributed by atoms with E-state index in [0.29, 0.717) is 11.6 Å². The van der Waals surface area contributed by atoms with Crippen molar-refractivity contribution in [3.8, 4) is 0 Å². The van der Waals surface area contributed by atoms with Gasteiger partial charge in [-0.15, -0.1) is 0 Å². The minimum Gasteiger partial charge on any atom is -0.375 e. The molecule has 0 saturated heterocycles. The summed E-state index contributed by atoms with van der Waals surface area (Å²) in [5.41, 5.74) is 2.45. The molecule has 2 aromatic heterocycles. The zero-order valence-electron chi connectivity index (χ0n) is 8.64. The first-order chi connectivity index (χ1) is 8.34. The average molecular weight is 266 g/mol.